The summed E-state index contributed by atoms with van der Waals surface area (Å²) in [6, 6.07) is 0. The van der Waals surface area contributed by atoms with Crippen molar-refractivity contribution >= 4 is 5.97 Å². The van der Waals surface area contributed by atoms with Crippen molar-refractivity contribution in [1.29, 1.82) is 0 Å². The van der Waals surface area contributed by atoms with Crippen LogP contribution < -0.4 is 0 Å². The molecule has 0 spiro atoms. The van der Waals surface area contributed by atoms with Gasteiger partial charge in [0, 0.05) is 12.8 Å². The summed E-state index contributed by atoms with van der Waals surface area (Å²) in [6.45, 7) is 7.94. The minimum absolute atomic E-state index is 0.269. The van der Waals surface area contributed by atoms with Crippen LogP contribution in [-0.2, 0) is 14.3 Å². The van der Waals surface area contributed by atoms with E-state index in [0.717, 1.165) is 18.6 Å². The van der Waals surface area contributed by atoms with Gasteiger partial charge < -0.3 is 9.47 Å². The topological polar surface area (TPSA) is 35.5 Å². The van der Waals surface area contributed by atoms with Crippen LogP contribution in [0.2, 0.25) is 0 Å². The molecule has 0 atom stereocenters. The third-order valence-electron chi connectivity index (χ3n) is 1.98. The van der Waals surface area contributed by atoms with Crippen LogP contribution in [-0.4, -0.2) is 12.6 Å². The fourth-order valence-electron chi connectivity index (χ4n) is 1.40. The van der Waals surface area contributed by atoms with Gasteiger partial charge in [-0.1, -0.05) is 13.5 Å². The monoisotopic (exact) mass is 196 g/mol. The number of esters is 1. The molecule has 0 aliphatic carbocycles. The Hall–Kier alpha value is -1.25. The number of rotatable bonds is 4. The highest BCUT2D eigenvalue weighted by molar-refractivity contribution is 5.90. The number of carbonyl (C=O) groups excluding carboxylic acids is 1. The number of hydrogen-bond acceptors (Lipinski definition) is 3. The molecule has 0 bridgehead atoms. The maximum Gasteiger partial charge on any atom is 0.337 e. The highest BCUT2D eigenvalue weighted by Crippen LogP contribution is 2.30. The van der Waals surface area contributed by atoms with Crippen LogP contribution in [0.15, 0.2) is 23.7 Å². The predicted molar refractivity (Wildman–Crippen MR) is 53.4 cm³/mol. The molecule has 78 valence electrons. The van der Waals surface area contributed by atoms with E-state index in [2.05, 4.69) is 6.58 Å². The smallest absolute Gasteiger partial charge is 0.337 e. The summed E-state index contributed by atoms with van der Waals surface area (Å²) in [6.07, 6.45) is 2.22. The first-order chi connectivity index (χ1) is 6.69. The second-order valence-electron chi connectivity index (χ2n) is 3.19. The molecule has 3 nitrogen and oxygen atoms in total. The van der Waals surface area contributed by atoms with Gasteiger partial charge >= 0.3 is 5.97 Å². The Labute approximate surface area is 84.4 Å². The number of ether oxygens (including phenoxy) is 2. The van der Waals surface area contributed by atoms with Crippen LogP contribution in [0.4, 0.5) is 0 Å². The Bertz CT molecular complexity index is 276. The van der Waals surface area contributed by atoms with Crippen LogP contribution >= 0.6 is 0 Å². The highest BCUT2D eigenvalue weighted by atomic mass is 16.5. The third kappa shape index (κ3) is 2.37. The van der Waals surface area contributed by atoms with Crippen LogP contribution in [0.1, 0.15) is 33.1 Å². The molecule has 0 fully saturated rings. The predicted octanol–water partition coefficient (Wildman–Crippen LogP) is 2.54. The van der Waals surface area contributed by atoms with Gasteiger partial charge in [0.15, 0.2) is 0 Å². The van der Waals surface area contributed by atoms with E-state index in [1.807, 2.05) is 6.92 Å². The molecule has 3 heteroatoms. The normalized spacial score (nSPS) is 15.7. The number of hydrogen-bond donors (Lipinski definition) is 0. The third-order valence-corrected chi connectivity index (χ3v) is 1.98. The number of carbonyl (C=O) groups is 1. The van der Waals surface area contributed by atoms with Gasteiger partial charge in [0.05, 0.1) is 12.2 Å². The molecular weight excluding hydrogens is 180 g/mol. The van der Waals surface area contributed by atoms with Crippen LogP contribution in [0.25, 0.3) is 0 Å². The molecule has 0 amide bonds. The van der Waals surface area contributed by atoms with Crippen molar-refractivity contribution in [3.8, 4) is 0 Å². The summed E-state index contributed by atoms with van der Waals surface area (Å²) in [7, 11) is 0. The molecule has 1 aliphatic heterocycles. The lowest BCUT2D eigenvalue weighted by atomic mass is 10.1. The summed E-state index contributed by atoms with van der Waals surface area (Å²) in [4.78, 5) is 11.5. The molecule has 1 aliphatic rings. The summed E-state index contributed by atoms with van der Waals surface area (Å²) < 4.78 is 10.3. The Morgan fingerprint density at radius 1 is 1.57 bits per heavy atom. The van der Waals surface area contributed by atoms with E-state index < -0.39 is 0 Å². The molecular formula is C11H16O3. The molecule has 14 heavy (non-hydrogen) atoms. The Balaban J connectivity index is 2.74. The van der Waals surface area contributed by atoms with E-state index in [9.17, 15) is 4.79 Å². The molecule has 0 aromatic rings. The largest absolute Gasteiger partial charge is 0.466 e. The molecule has 0 saturated carbocycles. The van der Waals surface area contributed by atoms with Crippen molar-refractivity contribution in [3.05, 3.63) is 23.7 Å². The average molecular weight is 196 g/mol. The second kappa shape index (κ2) is 4.84. The van der Waals surface area contributed by atoms with Crippen LogP contribution in [0, 0.1) is 0 Å². The molecule has 0 N–H and O–H groups in total. The first-order valence-corrected chi connectivity index (χ1v) is 4.93. The van der Waals surface area contributed by atoms with Crippen molar-refractivity contribution in [2.45, 2.75) is 33.1 Å². The fraction of sp³-hybridized carbons (Fsp3) is 0.545. The first kappa shape index (κ1) is 10.8. The van der Waals surface area contributed by atoms with Gasteiger partial charge in [-0.15, -0.1) is 0 Å². The zero-order chi connectivity index (χ0) is 10.6. The quantitative estimate of drug-likeness (QED) is 0.648. The molecule has 0 radical (unpaired) electrons. The van der Waals surface area contributed by atoms with Gasteiger partial charge in [-0.3, -0.25) is 0 Å². The van der Waals surface area contributed by atoms with Gasteiger partial charge in [-0.2, -0.15) is 0 Å². The van der Waals surface area contributed by atoms with E-state index in [1.54, 1.807) is 6.92 Å². The minimum atomic E-state index is -0.269. The Morgan fingerprint density at radius 2 is 2.29 bits per heavy atom. The van der Waals surface area contributed by atoms with E-state index in [1.165, 1.54) is 0 Å². The molecule has 0 aromatic heterocycles. The summed E-state index contributed by atoms with van der Waals surface area (Å²) in [5, 5.41) is 0. The lowest BCUT2D eigenvalue weighted by Gasteiger charge is -2.03. The molecule has 0 unspecified atom stereocenters. The van der Waals surface area contributed by atoms with Crippen LogP contribution in [0.5, 0.6) is 0 Å². The van der Waals surface area contributed by atoms with Crippen molar-refractivity contribution in [1.82, 2.24) is 0 Å². The number of allylic oxidation sites excluding steroid dienone is 2. The van der Waals surface area contributed by atoms with E-state index in [-0.39, 0.29) is 5.97 Å². The Morgan fingerprint density at radius 3 is 2.86 bits per heavy atom. The van der Waals surface area contributed by atoms with Gasteiger partial charge in [-0.25, -0.2) is 4.79 Å². The van der Waals surface area contributed by atoms with Gasteiger partial charge in [0.2, 0.25) is 0 Å². The lowest BCUT2D eigenvalue weighted by molar-refractivity contribution is -0.138. The van der Waals surface area contributed by atoms with E-state index in [0.29, 0.717) is 24.4 Å². The van der Waals surface area contributed by atoms with Crippen molar-refractivity contribution in [2.24, 2.45) is 0 Å². The molecule has 0 aromatic carbocycles. The molecule has 1 heterocycles. The van der Waals surface area contributed by atoms with Crippen molar-refractivity contribution < 1.29 is 14.3 Å². The van der Waals surface area contributed by atoms with Gasteiger partial charge in [0.25, 0.3) is 0 Å². The van der Waals surface area contributed by atoms with Crippen molar-refractivity contribution in [3.63, 3.8) is 0 Å². The van der Waals surface area contributed by atoms with Crippen molar-refractivity contribution in [2.75, 3.05) is 6.61 Å². The SMILES string of the molecule is C=C1CC(C(=O)OCC)=C(CCC)O1. The van der Waals surface area contributed by atoms with E-state index in [4.69, 9.17) is 9.47 Å². The Kier molecular flexibility index (Phi) is 3.74. The summed E-state index contributed by atoms with van der Waals surface area (Å²) in [5.74, 6) is 1.10. The van der Waals surface area contributed by atoms with E-state index >= 15 is 0 Å². The highest BCUT2D eigenvalue weighted by Gasteiger charge is 2.25. The average Bonchev–Trinajstić information content (AvgIpc) is 2.48. The lowest BCUT2D eigenvalue weighted by Crippen LogP contribution is -2.07. The maximum absolute atomic E-state index is 11.5. The first-order valence-electron chi connectivity index (χ1n) is 4.93. The zero-order valence-corrected chi connectivity index (χ0v) is 8.76. The summed E-state index contributed by atoms with van der Waals surface area (Å²) in [5.41, 5.74) is 0.638. The van der Waals surface area contributed by atoms with Gasteiger partial charge in [0.1, 0.15) is 11.5 Å². The summed E-state index contributed by atoms with van der Waals surface area (Å²) >= 11 is 0. The zero-order valence-electron chi connectivity index (χ0n) is 8.76. The minimum Gasteiger partial charge on any atom is -0.466 e. The fourth-order valence-corrected chi connectivity index (χ4v) is 1.40. The standard InChI is InChI=1S/C11H16O3/c1-4-6-10-9(7-8(3)14-10)11(12)13-5-2/h3-7H2,1-2H3. The van der Waals surface area contributed by atoms with Gasteiger partial charge in [-0.05, 0) is 13.3 Å². The van der Waals surface area contributed by atoms with Crippen LogP contribution in [0.3, 0.4) is 0 Å². The molecule has 1 rings (SSSR count). The maximum atomic E-state index is 11.5. The second-order valence-corrected chi connectivity index (χ2v) is 3.19. The molecule has 0 saturated heterocycles.